The maximum absolute atomic E-state index is 4.60. The van der Waals surface area contributed by atoms with Gasteiger partial charge >= 0.3 is 0 Å². The van der Waals surface area contributed by atoms with Crippen molar-refractivity contribution in [2.45, 2.75) is 25.3 Å². The van der Waals surface area contributed by atoms with E-state index in [0.29, 0.717) is 6.04 Å². The van der Waals surface area contributed by atoms with E-state index in [9.17, 15) is 0 Å². The van der Waals surface area contributed by atoms with Gasteiger partial charge in [0.15, 0.2) is 0 Å². The van der Waals surface area contributed by atoms with Crippen LogP contribution in [0.5, 0.6) is 0 Å². The number of piperidine rings is 1. The van der Waals surface area contributed by atoms with Gasteiger partial charge < -0.3 is 10.2 Å². The number of aromatic amines is 1. The number of nitrogens with zero attached hydrogens (tertiary/aromatic N) is 3. The summed E-state index contributed by atoms with van der Waals surface area (Å²) in [5.41, 5.74) is 1.29. The normalized spacial score (nSPS) is 17.0. The lowest BCUT2D eigenvalue weighted by atomic mass is 10.1. The van der Waals surface area contributed by atoms with Crippen molar-refractivity contribution in [1.29, 1.82) is 0 Å². The number of nitrogens with one attached hydrogen (secondary N) is 2. The second-order valence-electron chi connectivity index (χ2n) is 4.94. The van der Waals surface area contributed by atoms with Crippen LogP contribution in [0.4, 0.5) is 5.95 Å². The summed E-state index contributed by atoms with van der Waals surface area (Å²) < 4.78 is 0. The molecule has 102 valence electrons. The first-order valence-electron chi connectivity index (χ1n) is 6.69. The summed E-state index contributed by atoms with van der Waals surface area (Å²) in [6.07, 6.45) is 3.15. The third-order valence-electron chi connectivity index (χ3n) is 3.66. The zero-order chi connectivity index (χ0) is 13.1. The average Bonchev–Trinajstić information content (AvgIpc) is 3.11. The van der Waals surface area contributed by atoms with Crippen molar-refractivity contribution in [2.75, 3.05) is 25.0 Å². The van der Waals surface area contributed by atoms with Crippen molar-refractivity contribution < 1.29 is 0 Å². The van der Waals surface area contributed by atoms with Crippen molar-refractivity contribution in [3.8, 4) is 0 Å². The van der Waals surface area contributed by atoms with E-state index in [-0.39, 0.29) is 0 Å². The summed E-state index contributed by atoms with van der Waals surface area (Å²) in [7, 11) is 2.03. The Morgan fingerprint density at radius 2 is 2.32 bits per heavy atom. The van der Waals surface area contributed by atoms with Crippen molar-refractivity contribution >= 4 is 17.3 Å². The minimum absolute atomic E-state index is 0.639. The summed E-state index contributed by atoms with van der Waals surface area (Å²) in [6, 6.07) is 2.77. The van der Waals surface area contributed by atoms with Crippen molar-refractivity contribution in [2.24, 2.45) is 0 Å². The molecule has 1 saturated heterocycles. The molecule has 0 amide bonds. The number of H-pyrrole nitrogens is 1. The van der Waals surface area contributed by atoms with Gasteiger partial charge in [0.05, 0.1) is 0 Å². The van der Waals surface area contributed by atoms with Crippen molar-refractivity contribution in [3.05, 3.63) is 28.2 Å². The molecule has 1 aliphatic rings. The number of thiophene rings is 1. The second kappa shape index (κ2) is 5.71. The Bertz CT molecular complexity index is 499. The molecule has 0 atom stereocenters. The number of hydrogen-bond acceptors (Lipinski definition) is 5. The summed E-state index contributed by atoms with van der Waals surface area (Å²) >= 11 is 1.72. The lowest BCUT2D eigenvalue weighted by Gasteiger charge is -2.30. The summed E-state index contributed by atoms with van der Waals surface area (Å²) in [6.45, 7) is 2.06. The fourth-order valence-corrected chi connectivity index (χ4v) is 3.13. The van der Waals surface area contributed by atoms with Crippen LogP contribution in [-0.4, -0.2) is 41.4 Å². The van der Waals surface area contributed by atoms with Gasteiger partial charge in [-0.15, -0.1) is 5.10 Å². The molecule has 0 bridgehead atoms. The van der Waals surface area contributed by atoms with E-state index in [1.165, 1.54) is 5.56 Å². The van der Waals surface area contributed by atoms with Crippen LogP contribution in [0.2, 0.25) is 0 Å². The second-order valence-corrected chi connectivity index (χ2v) is 5.72. The number of hydrogen-bond donors (Lipinski definition) is 2. The third kappa shape index (κ3) is 2.96. The zero-order valence-corrected chi connectivity index (χ0v) is 11.9. The Balaban J connectivity index is 1.62. The van der Waals surface area contributed by atoms with Gasteiger partial charge in [0.2, 0.25) is 5.95 Å². The average molecular weight is 277 g/mol. The molecule has 0 unspecified atom stereocenters. The quantitative estimate of drug-likeness (QED) is 0.892. The smallest absolute Gasteiger partial charge is 0.244 e. The number of aromatic nitrogens is 3. The van der Waals surface area contributed by atoms with Gasteiger partial charge in [0, 0.05) is 25.6 Å². The molecule has 2 aromatic rings. The summed E-state index contributed by atoms with van der Waals surface area (Å²) in [5.74, 6) is 1.80. The molecule has 0 aliphatic carbocycles. The monoisotopic (exact) mass is 277 g/mol. The molecular weight excluding hydrogens is 258 g/mol. The molecule has 3 heterocycles. The number of rotatable bonds is 4. The molecule has 2 aromatic heterocycles. The van der Waals surface area contributed by atoms with Crippen LogP contribution in [-0.2, 0) is 6.42 Å². The van der Waals surface area contributed by atoms with Gasteiger partial charge in [0.1, 0.15) is 5.82 Å². The van der Waals surface area contributed by atoms with Gasteiger partial charge in [-0.25, -0.2) is 0 Å². The van der Waals surface area contributed by atoms with Gasteiger partial charge in [-0.2, -0.15) is 16.3 Å². The van der Waals surface area contributed by atoms with E-state index < -0.39 is 0 Å². The minimum Gasteiger partial charge on any atom is -0.339 e. The predicted octanol–water partition coefficient (Wildman–Crippen LogP) is 1.65. The molecular formula is C13H19N5S. The standard InChI is InChI=1S/C13H19N5S/c1-14-11-2-5-18(6-3-11)13-15-12(16-17-13)8-10-4-7-19-9-10/h4,7,9,11,14H,2-3,5-6,8H2,1H3,(H,15,16,17). The molecule has 0 radical (unpaired) electrons. The van der Waals surface area contributed by atoms with E-state index in [4.69, 9.17) is 0 Å². The maximum atomic E-state index is 4.60. The molecule has 2 N–H and O–H groups in total. The molecule has 0 aromatic carbocycles. The van der Waals surface area contributed by atoms with Crippen molar-refractivity contribution in [1.82, 2.24) is 20.5 Å². The van der Waals surface area contributed by atoms with E-state index >= 15 is 0 Å². The zero-order valence-electron chi connectivity index (χ0n) is 11.1. The Kier molecular flexibility index (Phi) is 3.79. The van der Waals surface area contributed by atoms with Crippen LogP contribution in [0.1, 0.15) is 24.2 Å². The van der Waals surface area contributed by atoms with Gasteiger partial charge in [-0.05, 0) is 42.3 Å². The summed E-state index contributed by atoms with van der Waals surface area (Å²) in [4.78, 5) is 6.87. The van der Waals surface area contributed by atoms with Crippen LogP contribution in [0, 0.1) is 0 Å². The molecule has 19 heavy (non-hydrogen) atoms. The topological polar surface area (TPSA) is 56.8 Å². The SMILES string of the molecule is CNC1CCN(c2n[nH]c(Cc3ccsc3)n2)CC1. The Morgan fingerprint density at radius 3 is 3.00 bits per heavy atom. The molecule has 5 nitrogen and oxygen atoms in total. The van der Waals surface area contributed by atoms with Crippen LogP contribution in [0.25, 0.3) is 0 Å². The Morgan fingerprint density at radius 1 is 1.47 bits per heavy atom. The first-order valence-corrected chi connectivity index (χ1v) is 7.64. The highest BCUT2D eigenvalue weighted by Crippen LogP contribution is 2.17. The molecule has 0 saturated carbocycles. The lowest BCUT2D eigenvalue weighted by Crippen LogP contribution is -2.41. The minimum atomic E-state index is 0.639. The predicted molar refractivity (Wildman–Crippen MR) is 77.8 cm³/mol. The highest BCUT2D eigenvalue weighted by molar-refractivity contribution is 7.07. The number of anilines is 1. The van der Waals surface area contributed by atoms with Gasteiger partial charge in [-0.1, -0.05) is 0 Å². The van der Waals surface area contributed by atoms with Gasteiger partial charge in [-0.3, -0.25) is 5.10 Å². The first-order chi connectivity index (χ1) is 9.35. The van der Waals surface area contributed by atoms with E-state index in [2.05, 4.69) is 42.2 Å². The lowest BCUT2D eigenvalue weighted by molar-refractivity contribution is 0.439. The maximum Gasteiger partial charge on any atom is 0.244 e. The van der Waals surface area contributed by atoms with Crippen LogP contribution >= 0.6 is 11.3 Å². The molecule has 6 heteroatoms. The highest BCUT2D eigenvalue weighted by atomic mass is 32.1. The fraction of sp³-hybridized carbons (Fsp3) is 0.538. The molecule has 3 rings (SSSR count). The Labute approximate surface area is 117 Å². The van der Waals surface area contributed by atoms with E-state index in [0.717, 1.165) is 44.1 Å². The highest BCUT2D eigenvalue weighted by Gasteiger charge is 2.20. The van der Waals surface area contributed by atoms with Crippen LogP contribution in [0.3, 0.4) is 0 Å². The van der Waals surface area contributed by atoms with E-state index in [1.807, 2.05) is 7.05 Å². The molecule has 0 spiro atoms. The molecule has 1 fully saturated rings. The fourth-order valence-electron chi connectivity index (χ4n) is 2.46. The van der Waals surface area contributed by atoms with Crippen LogP contribution in [0.15, 0.2) is 16.8 Å². The largest absolute Gasteiger partial charge is 0.339 e. The first kappa shape index (κ1) is 12.6. The van der Waals surface area contributed by atoms with Crippen LogP contribution < -0.4 is 10.2 Å². The van der Waals surface area contributed by atoms with Crippen molar-refractivity contribution in [3.63, 3.8) is 0 Å². The Hall–Kier alpha value is -1.40. The van der Waals surface area contributed by atoms with E-state index in [1.54, 1.807) is 11.3 Å². The third-order valence-corrected chi connectivity index (χ3v) is 4.39. The summed E-state index contributed by atoms with van der Waals surface area (Å²) in [5, 5.41) is 15.0. The van der Waals surface area contributed by atoms with Gasteiger partial charge in [0.25, 0.3) is 0 Å². The molecule has 1 aliphatic heterocycles.